The van der Waals surface area contributed by atoms with Crippen molar-refractivity contribution in [1.82, 2.24) is 40.4 Å². The van der Waals surface area contributed by atoms with Crippen LogP contribution < -0.4 is 5.43 Å². The van der Waals surface area contributed by atoms with E-state index >= 15 is 0 Å². The Morgan fingerprint density at radius 1 is 0.943 bits per heavy atom. The lowest BCUT2D eigenvalue weighted by Gasteiger charge is -2.06. The molecular weight excluding hydrogens is 442 g/mol. The highest BCUT2D eigenvalue weighted by Gasteiger charge is 2.08. The number of tetrazole rings is 1. The highest BCUT2D eigenvalue weighted by atomic mass is 16.2. The SMILES string of the molecule is C/C(=N\NC(=O)c1ccc(Cn2nnc(-c3ccccc3)n2)cc1)c1ccc(-n2cncn2)cc1. The fourth-order valence-electron chi connectivity index (χ4n) is 3.40. The Kier molecular flexibility index (Phi) is 6.16. The molecule has 35 heavy (non-hydrogen) atoms. The van der Waals surface area contributed by atoms with Gasteiger partial charge in [-0.05, 0) is 47.5 Å². The lowest BCUT2D eigenvalue weighted by Crippen LogP contribution is -2.19. The van der Waals surface area contributed by atoms with Gasteiger partial charge in [-0.1, -0.05) is 54.6 Å². The first-order chi connectivity index (χ1) is 17.2. The highest BCUT2D eigenvalue weighted by molar-refractivity contribution is 6.01. The normalized spacial score (nSPS) is 11.4. The van der Waals surface area contributed by atoms with Crippen LogP contribution in [0.15, 0.2) is 96.6 Å². The van der Waals surface area contributed by atoms with Crippen LogP contribution in [-0.4, -0.2) is 46.6 Å². The molecule has 0 aliphatic carbocycles. The third kappa shape index (κ3) is 5.17. The fourth-order valence-corrected chi connectivity index (χ4v) is 3.40. The van der Waals surface area contributed by atoms with Gasteiger partial charge in [0.2, 0.25) is 5.82 Å². The van der Waals surface area contributed by atoms with E-state index in [2.05, 4.69) is 36.0 Å². The van der Waals surface area contributed by atoms with E-state index in [1.807, 2.05) is 73.7 Å². The van der Waals surface area contributed by atoms with Gasteiger partial charge < -0.3 is 0 Å². The molecule has 0 unspecified atom stereocenters. The molecule has 0 spiro atoms. The lowest BCUT2D eigenvalue weighted by atomic mass is 10.1. The van der Waals surface area contributed by atoms with Crippen LogP contribution in [0.5, 0.6) is 0 Å². The van der Waals surface area contributed by atoms with E-state index in [9.17, 15) is 4.79 Å². The smallest absolute Gasteiger partial charge is 0.267 e. The molecule has 0 aliphatic rings. The second-order valence-electron chi connectivity index (χ2n) is 7.73. The maximum Gasteiger partial charge on any atom is 0.271 e. The average Bonchev–Trinajstić information content (AvgIpc) is 3.61. The quantitative estimate of drug-likeness (QED) is 0.293. The van der Waals surface area contributed by atoms with Crippen LogP contribution in [0.25, 0.3) is 17.1 Å². The zero-order valence-electron chi connectivity index (χ0n) is 18.9. The molecule has 0 aliphatic heterocycles. The van der Waals surface area contributed by atoms with Crippen molar-refractivity contribution in [2.24, 2.45) is 5.10 Å². The number of aromatic nitrogens is 7. The van der Waals surface area contributed by atoms with Gasteiger partial charge in [-0.25, -0.2) is 15.1 Å². The molecule has 10 nitrogen and oxygen atoms in total. The Balaban J connectivity index is 1.19. The Bertz CT molecular complexity index is 1440. The molecular formula is C25H21N9O. The molecule has 0 saturated heterocycles. The first-order valence-corrected chi connectivity index (χ1v) is 10.9. The van der Waals surface area contributed by atoms with Crippen molar-refractivity contribution in [3.8, 4) is 17.1 Å². The van der Waals surface area contributed by atoms with Crippen molar-refractivity contribution in [3.63, 3.8) is 0 Å². The molecule has 3 aromatic carbocycles. The number of carbonyl (C=O) groups is 1. The summed E-state index contributed by atoms with van der Waals surface area (Å²) in [6, 6.07) is 24.6. The van der Waals surface area contributed by atoms with Gasteiger partial charge in [-0.15, -0.1) is 10.2 Å². The Morgan fingerprint density at radius 3 is 2.40 bits per heavy atom. The van der Waals surface area contributed by atoms with Gasteiger partial charge in [0.1, 0.15) is 12.7 Å². The van der Waals surface area contributed by atoms with Crippen molar-refractivity contribution < 1.29 is 4.79 Å². The minimum Gasteiger partial charge on any atom is -0.267 e. The van der Waals surface area contributed by atoms with Crippen LogP contribution in [-0.2, 0) is 6.54 Å². The maximum absolute atomic E-state index is 12.5. The summed E-state index contributed by atoms with van der Waals surface area (Å²) in [5.41, 5.74) is 7.44. The third-order valence-corrected chi connectivity index (χ3v) is 5.32. The number of nitrogens with zero attached hydrogens (tertiary/aromatic N) is 8. The molecule has 2 aromatic heterocycles. The number of benzene rings is 3. The van der Waals surface area contributed by atoms with E-state index < -0.39 is 0 Å². The summed E-state index contributed by atoms with van der Waals surface area (Å²) in [6.45, 7) is 2.28. The second kappa shape index (κ2) is 9.87. The number of nitrogens with one attached hydrogen (secondary N) is 1. The summed E-state index contributed by atoms with van der Waals surface area (Å²) in [4.78, 5) is 18.0. The van der Waals surface area contributed by atoms with Crippen molar-refractivity contribution in [2.45, 2.75) is 13.5 Å². The van der Waals surface area contributed by atoms with Crippen LogP contribution >= 0.6 is 0 Å². The summed E-state index contributed by atoms with van der Waals surface area (Å²) < 4.78 is 1.67. The van der Waals surface area contributed by atoms with E-state index in [0.29, 0.717) is 23.6 Å². The van der Waals surface area contributed by atoms with Crippen LogP contribution in [0.1, 0.15) is 28.4 Å². The molecule has 172 valence electrons. The van der Waals surface area contributed by atoms with Gasteiger partial charge >= 0.3 is 0 Å². The summed E-state index contributed by atoms with van der Waals surface area (Å²) in [5.74, 6) is 0.281. The molecule has 0 atom stereocenters. The number of amides is 1. The molecule has 0 radical (unpaired) electrons. The van der Waals surface area contributed by atoms with E-state index in [1.165, 1.54) is 11.1 Å². The topological polar surface area (TPSA) is 116 Å². The molecule has 5 rings (SSSR count). The van der Waals surface area contributed by atoms with E-state index in [4.69, 9.17) is 0 Å². The van der Waals surface area contributed by atoms with E-state index in [0.717, 1.165) is 22.4 Å². The predicted molar refractivity (Wildman–Crippen MR) is 130 cm³/mol. The molecule has 1 amide bonds. The van der Waals surface area contributed by atoms with Crippen molar-refractivity contribution in [3.05, 3.63) is 108 Å². The Labute approximate surface area is 201 Å². The summed E-state index contributed by atoms with van der Waals surface area (Å²) >= 11 is 0. The third-order valence-electron chi connectivity index (χ3n) is 5.32. The van der Waals surface area contributed by atoms with Gasteiger partial charge in [0.25, 0.3) is 5.91 Å². The van der Waals surface area contributed by atoms with Crippen LogP contribution in [0, 0.1) is 0 Å². The fraction of sp³-hybridized carbons (Fsp3) is 0.0800. The van der Waals surface area contributed by atoms with Gasteiger partial charge in [0.15, 0.2) is 0 Å². The summed E-state index contributed by atoms with van der Waals surface area (Å²) in [7, 11) is 0. The van der Waals surface area contributed by atoms with Crippen LogP contribution in [0.2, 0.25) is 0 Å². The molecule has 0 saturated carbocycles. The van der Waals surface area contributed by atoms with E-state index in [1.54, 1.807) is 23.1 Å². The van der Waals surface area contributed by atoms with Crippen LogP contribution in [0.3, 0.4) is 0 Å². The zero-order valence-corrected chi connectivity index (χ0v) is 18.9. The molecule has 1 N–H and O–H groups in total. The summed E-state index contributed by atoms with van der Waals surface area (Å²) in [5, 5.41) is 21.0. The van der Waals surface area contributed by atoms with Gasteiger partial charge in [0.05, 0.1) is 17.9 Å². The second-order valence-corrected chi connectivity index (χ2v) is 7.73. The zero-order chi connectivity index (χ0) is 24.0. The minimum absolute atomic E-state index is 0.291. The number of hydrogen-bond donors (Lipinski definition) is 1. The number of carbonyl (C=O) groups excluding carboxylic acids is 1. The van der Waals surface area contributed by atoms with Gasteiger partial charge in [-0.3, -0.25) is 4.79 Å². The first kappa shape index (κ1) is 21.8. The van der Waals surface area contributed by atoms with E-state index in [-0.39, 0.29) is 5.91 Å². The predicted octanol–water partition coefficient (Wildman–Crippen LogP) is 3.12. The molecule has 5 aromatic rings. The average molecular weight is 464 g/mol. The highest BCUT2D eigenvalue weighted by Crippen LogP contribution is 2.13. The Morgan fingerprint density at radius 2 is 1.69 bits per heavy atom. The Hall–Kier alpha value is -4.99. The maximum atomic E-state index is 12.5. The monoisotopic (exact) mass is 463 g/mol. The number of hydrazone groups is 1. The summed E-state index contributed by atoms with van der Waals surface area (Å²) in [6.07, 6.45) is 3.11. The number of hydrogen-bond acceptors (Lipinski definition) is 7. The van der Waals surface area contributed by atoms with Gasteiger partial charge in [0, 0.05) is 11.1 Å². The first-order valence-electron chi connectivity index (χ1n) is 10.9. The molecule has 0 bridgehead atoms. The molecule has 10 heteroatoms. The molecule has 2 heterocycles. The van der Waals surface area contributed by atoms with Crippen molar-refractivity contribution in [2.75, 3.05) is 0 Å². The van der Waals surface area contributed by atoms with Gasteiger partial charge in [-0.2, -0.15) is 15.0 Å². The van der Waals surface area contributed by atoms with Crippen molar-refractivity contribution >= 4 is 11.6 Å². The molecule has 0 fully saturated rings. The lowest BCUT2D eigenvalue weighted by molar-refractivity contribution is 0.0955. The number of rotatable bonds is 7. The standard InChI is InChI=1S/C25H21N9O/c1-18(20-11-13-23(14-12-20)33-17-26-16-27-33)28-30-25(35)22-9-7-19(8-10-22)15-34-31-24(29-32-34)21-5-3-2-4-6-21/h2-14,16-17H,15H2,1H3,(H,30,35)/b28-18+. The minimum atomic E-state index is -0.291. The largest absolute Gasteiger partial charge is 0.271 e. The van der Waals surface area contributed by atoms with Crippen molar-refractivity contribution in [1.29, 1.82) is 0 Å². The van der Waals surface area contributed by atoms with Crippen LogP contribution in [0.4, 0.5) is 0 Å².